The Morgan fingerprint density at radius 1 is 0.370 bits per heavy atom. The molecule has 0 amide bonds. The summed E-state index contributed by atoms with van der Waals surface area (Å²) in [4.78, 5) is 0. The highest BCUT2D eigenvalue weighted by atomic mass is 15.1. The van der Waals surface area contributed by atoms with E-state index in [4.69, 9.17) is 0 Å². The summed E-state index contributed by atoms with van der Waals surface area (Å²) in [5.41, 5.74) is 0. The number of imidazole rings is 1. The van der Waals surface area contributed by atoms with Crippen LogP contribution in [0, 0.1) is 0 Å². The zero-order valence-electron chi connectivity index (χ0n) is 32.4. The second-order valence-corrected chi connectivity index (χ2v) is 15.2. The third-order valence-electron chi connectivity index (χ3n) is 10.6. The zero-order chi connectivity index (χ0) is 33.0. The second-order valence-electron chi connectivity index (χ2n) is 15.2. The summed E-state index contributed by atoms with van der Waals surface area (Å²) in [5.74, 6) is 1.62. The molecule has 272 valence electrons. The molecule has 1 rings (SSSR count). The molecule has 0 unspecified atom stereocenters. The molecule has 2 nitrogen and oxygen atoms in total. The number of aromatic nitrogens is 2. The fraction of sp³-hybridized carbons (Fsp3) is 0.932. The molecule has 0 N–H and O–H groups in total. The van der Waals surface area contributed by atoms with E-state index in [2.05, 4.69) is 42.3 Å². The highest BCUT2D eigenvalue weighted by Crippen LogP contribution is 2.16. The SMILES string of the molecule is CCCCCCCCCCCCCCCCCCn1cc[n+](CCCCCCCCC)c1CCCCCCCCCCCCCC. The molecule has 0 saturated heterocycles. The minimum absolute atomic E-state index is 1.23. The number of aryl methyl sites for hydroxylation is 2. The van der Waals surface area contributed by atoms with Crippen molar-refractivity contribution in [1.82, 2.24) is 4.57 Å². The maximum atomic E-state index is 2.64. The van der Waals surface area contributed by atoms with Gasteiger partial charge >= 0.3 is 0 Å². The van der Waals surface area contributed by atoms with Gasteiger partial charge in [-0.05, 0) is 32.1 Å². The van der Waals surface area contributed by atoms with Crippen molar-refractivity contribution < 1.29 is 4.57 Å². The molecule has 0 aliphatic rings. The topological polar surface area (TPSA) is 8.81 Å². The highest BCUT2D eigenvalue weighted by molar-refractivity contribution is 4.84. The van der Waals surface area contributed by atoms with Crippen LogP contribution < -0.4 is 4.57 Å². The number of rotatable bonds is 38. The molecule has 0 saturated carbocycles. The molecular formula is C44H87N2+. The van der Waals surface area contributed by atoms with Gasteiger partial charge in [0.2, 0.25) is 0 Å². The van der Waals surface area contributed by atoms with E-state index in [0.29, 0.717) is 0 Å². The Bertz CT molecular complexity index is 707. The number of unbranched alkanes of at least 4 members (excludes halogenated alkanes) is 32. The minimum Gasteiger partial charge on any atom is -0.234 e. The van der Waals surface area contributed by atoms with Gasteiger partial charge in [0.05, 0.1) is 13.1 Å². The van der Waals surface area contributed by atoms with Crippen LogP contribution in [-0.4, -0.2) is 4.57 Å². The molecule has 1 aromatic rings. The molecule has 1 aromatic heterocycles. The van der Waals surface area contributed by atoms with Gasteiger partial charge in [0, 0.05) is 6.42 Å². The summed E-state index contributed by atoms with van der Waals surface area (Å²) in [6, 6.07) is 0. The molecule has 0 bridgehead atoms. The largest absolute Gasteiger partial charge is 0.256 e. The van der Waals surface area contributed by atoms with E-state index in [9.17, 15) is 0 Å². The van der Waals surface area contributed by atoms with Gasteiger partial charge in [-0.15, -0.1) is 0 Å². The van der Waals surface area contributed by atoms with E-state index < -0.39 is 0 Å². The number of hydrogen-bond donors (Lipinski definition) is 0. The van der Waals surface area contributed by atoms with Crippen LogP contribution in [0.5, 0.6) is 0 Å². The van der Waals surface area contributed by atoms with Crippen LogP contribution in [0.2, 0.25) is 0 Å². The minimum atomic E-state index is 1.23. The highest BCUT2D eigenvalue weighted by Gasteiger charge is 2.16. The van der Waals surface area contributed by atoms with Crippen LogP contribution in [0.1, 0.15) is 251 Å². The lowest BCUT2D eigenvalue weighted by atomic mass is 10.0. The van der Waals surface area contributed by atoms with Gasteiger partial charge in [-0.1, -0.05) is 213 Å². The molecule has 0 atom stereocenters. The van der Waals surface area contributed by atoms with E-state index >= 15 is 0 Å². The van der Waals surface area contributed by atoms with Gasteiger partial charge in [0.25, 0.3) is 5.82 Å². The van der Waals surface area contributed by atoms with Crippen molar-refractivity contribution in [2.24, 2.45) is 0 Å². The van der Waals surface area contributed by atoms with Crippen LogP contribution in [0.15, 0.2) is 12.4 Å². The van der Waals surface area contributed by atoms with E-state index in [-0.39, 0.29) is 0 Å². The van der Waals surface area contributed by atoms with Gasteiger partial charge in [0.1, 0.15) is 12.4 Å². The van der Waals surface area contributed by atoms with Crippen LogP contribution >= 0.6 is 0 Å². The summed E-state index contributed by atoms with van der Waals surface area (Å²) in [5, 5.41) is 0. The first-order valence-electron chi connectivity index (χ1n) is 21.9. The van der Waals surface area contributed by atoms with Gasteiger partial charge in [0.15, 0.2) is 0 Å². The van der Waals surface area contributed by atoms with Gasteiger partial charge in [-0.3, -0.25) is 0 Å². The summed E-state index contributed by atoms with van der Waals surface area (Å²) in [6.45, 7) is 9.41. The fourth-order valence-electron chi connectivity index (χ4n) is 7.39. The van der Waals surface area contributed by atoms with E-state index in [1.807, 2.05) is 0 Å². The normalized spacial score (nSPS) is 11.6. The van der Waals surface area contributed by atoms with Crippen LogP contribution in [0.4, 0.5) is 0 Å². The third kappa shape index (κ3) is 27.2. The predicted octanol–water partition coefficient (Wildman–Crippen LogP) is 15.0. The smallest absolute Gasteiger partial charge is 0.234 e. The van der Waals surface area contributed by atoms with Gasteiger partial charge in [-0.2, -0.15) is 0 Å². The third-order valence-corrected chi connectivity index (χ3v) is 10.6. The fourth-order valence-corrected chi connectivity index (χ4v) is 7.39. The molecule has 2 heteroatoms. The maximum absolute atomic E-state index is 2.64. The van der Waals surface area contributed by atoms with Crippen molar-refractivity contribution in [3.63, 3.8) is 0 Å². The number of nitrogens with zero attached hydrogens (tertiary/aromatic N) is 2. The standard InChI is InChI=1S/C44H87N2/c1-4-7-10-13-16-18-20-22-23-24-25-27-29-32-35-38-41-46-43-42-45(40-37-34-31-15-12-9-6-3)44(46)39-36-33-30-28-26-21-19-17-14-11-8-5-2/h42-43H,4-41H2,1-3H3/q+1. The molecule has 0 aromatic carbocycles. The van der Waals surface area contributed by atoms with Crippen LogP contribution in [0.25, 0.3) is 0 Å². The Kier molecular flexibility index (Phi) is 33.4. The van der Waals surface area contributed by atoms with Crippen LogP contribution in [0.3, 0.4) is 0 Å². The molecule has 0 spiro atoms. The van der Waals surface area contributed by atoms with Crippen molar-refractivity contribution in [1.29, 1.82) is 0 Å². The first-order valence-corrected chi connectivity index (χ1v) is 21.9. The summed E-state index contributed by atoms with van der Waals surface area (Å²) < 4.78 is 5.28. The predicted molar refractivity (Wildman–Crippen MR) is 207 cm³/mol. The molecule has 1 heterocycles. The molecule has 0 radical (unpaired) electrons. The molecule has 0 aliphatic carbocycles. The van der Waals surface area contributed by atoms with Crippen molar-refractivity contribution in [3.05, 3.63) is 18.2 Å². The summed E-state index contributed by atoms with van der Waals surface area (Å²) in [7, 11) is 0. The summed E-state index contributed by atoms with van der Waals surface area (Å²) in [6.07, 6.45) is 56.4. The quantitative estimate of drug-likeness (QED) is 0.0501. The molecule has 0 fully saturated rings. The van der Waals surface area contributed by atoms with Crippen LogP contribution in [-0.2, 0) is 19.5 Å². The van der Waals surface area contributed by atoms with Crippen molar-refractivity contribution in [3.8, 4) is 0 Å². The molecule has 0 aliphatic heterocycles. The van der Waals surface area contributed by atoms with Gasteiger partial charge < -0.3 is 0 Å². The van der Waals surface area contributed by atoms with Crippen molar-refractivity contribution in [2.45, 2.75) is 265 Å². The van der Waals surface area contributed by atoms with Gasteiger partial charge in [-0.25, -0.2) is 9.13 Å². The van der Waals surface area contributed by atoms with Crippen molar-refractivity contribution >= 4 is 0 Å². The Morgan fingerprint density at radius 3 is 1.04 bits per heavy atom. The summed E-state index contributed by atoms with van der Waals surface area (Å²) >= 11 is 0. The lowest BCUT2D eigenvalue weighted by Gasteiger charge is -2.07. The van der Waals surface area contributed by atoms with Crippen molar-refractivity contribution in [2.75, 3.05) is 0 Å². The Hall–Kier alpha value is -0.790. The molecular weight excluding hydrogens is 556 g/mol. The zero-order valence-corrected chi connectivity index (χ0v) is 32.4. The Morgan fingerprint density at radius 2 is 0.674 bits per heavy atom. The average Bonchev–Trinajstić information content (AvgIpc) is 3.45. The van der Waals surface area contributed by atoms with E-state index in [0.717, 1.165) is 0 Å². The first kappa shape index (κ1) is 43.2. The lowest BCUT2D eigenvalue weighted by Crippen LogP contribution is -2.37. The second kappa shape index (κ2) is 35.5. The number of hydrogen-bond acceptors (Lipinski definition) is 0. The monoisotopic (exact) mass is 644 g/mol. The Labute approximate surface area is 291 Å². The molecule has 46 heavy (non-hydrogen) atoms. The average molecular weight is 644 g/mol. The lowest BCUT2D eigenvalue weighted by molar-refractivity contribution is -0.704. The Balaban J connectivity index is 2.22. The van der Waals surface area contributed by atoms with E-state index in [1.54, 1.807) is 5.82 Å². The first-order chi connectivity index (χ1) is 22.8. The maximum Gasteiger partial charge on any atom is 0.256 e. The van der Waals surface area contributed by atoms with E-state index in [1.165, 1.54) is 244 Å².